The first-order chi connectivity index (χ1) is 11.5. The van der Waals surface area contributed by atoms with Gasteiger partial charge in [-0.25, -0.2) is 9.37 Å². The van der Waals surface area contributed by atoms with Crippen molar-refractivity contribution in [2.45, 2.75) is 19.8 Å². The normalized spacial score (nSPS) is 11.7. The Balaban J connectivity index is 2.08. The van der Waals surface area contributed by atoms with Gasteiger partial charge in [-0.15, -0.1) is 10.2 Å². The molecule has 0 radical (unpaired) electrons. The van der Waals surface area contributed by atoms with Gasteiger partial charge in [-0.2, -0.15) is 0 Å². The molecule has 0 saturated carbocycles. The minimum Gasteiger partial charge on any atom is -0.280 e. The second kappa shape index (κ2) is 6.15. The summed E-state index contributed by atoms with van der Waals surface area (Å²) in [6, 6.07) is 8.73. The average molecular weight is 327 g/mol. The highest BCUT2D eigenvalue weighted by Gasteiger charge is 2.15. The Labute approximate surface area is 136 Å². The molecule has 0 bridgehead atoms. The van der Waals surface area contributed by atoms with Crippen molar-refractivity contribution < 1.29 is 9.31 Å². The van der Waals surface area contributed by atoms with Gasteiger partial charge in [0.1, 0.15) is 11.5 Å². The fourth-order valence-electron chi connectivity index (χ4n) is 2.29. The maximum Gasteiger partial charge on any atom is 0.271 e. The van der Waals surface area contributed by atoms with E-state index in [0.717, 1.165) is 0 Å². The third-order valence-corrected chi connectivity index (χ3v) is 3.43. The van der Waals surface area contributed by atoms with Crippen LogP contribution in [-0.2, 0) is 0 Å². The first-order valence-electron chi connectivity index (χ1n) is 7.29. The number of nitro groups is 1. The molecule has 0 unspecified atom stereocenters. The molecule has 7 nitrogen and oxygen atoms in total. The number of benzene rings is 1. The molecule has 0 saturated heterocycles. The zero-order chi connectivity index (χ0) is 17.3. The van der Waals surface area contributed by atoms with Gasteiger partial charge < -0.3 is 0 Å². The number of fused-ring (bicyclic) bond motifs is 1. The first kappa shape index (κ1) is 15.7. The number of nitro benzene ring substituents is 1. The van der Waals surface area contributed by atoms with Crippen molar-refractivity contribution >= 4 is 22.8 Å². The summed E-state index contributed by atoms with van der Waals surface area (Å²) in [6.45, 7) is 3.90. The second-order valence-electron chi connectivity index (χ2n) is 5.53. The highest BCUT2D eigenvalue weighted by atomic mass is 19.1. The van der Waals surface area contributed by atoms with E-state index in [1.165, 1.54) is 34.9 Å². The van der Waals surface area contributed by atoms with Gasteiger partial charge in [0.15, 0.2) is 5.82 Å². The van der Waals surface area contributed by atoms with Crippen LogP contribution in [0.15, 0.2) is 52.8 Å². The fraction of sp³-hybridized carbons (Fsp3) is 0.188. The molecule has 0 atom stereocenters. The molecule has 0 N–H and O–H groups in total. The first-order valence-corrected chi connectivity index (χ1v) is 7.29. The van der Waals surface area contributed by atoms with Gasteiger partial charge in [0.05, 0.1) is 16.3 Å². The number of aromatic nitrogens is 2. The molecule has 3 aromatic rings. The van der Waals surface area contributed by atoms with E-state index in [1.54, 1.807) is 12.1 Å². The molecular weight excluding hydrogens is 313 g/mol. The fourth-order valence-corrected chi connectivity index (χ4v) is 2.29. The quantitative estimate of drug-likeness (QED) is 0.387. The zero-order valence-corrected chi connectivity index (χ0v) is 13.0. The topological polar surface area (TPSA) is 85.2 Å². The molecular formula is C16H14FN5O2. The number of nitrogens with zero attached hydrogens (tertiary/aromatic N) is 5. The van der Waals surface area contributed by atoms with Gasteiger partial charge in [-0.1, -0.05) is 19.9 Å². The monoisotopic (exact) mass is 327 g/mol. The number of azo groups is 1. The number of non-ortho nitro benzene ring substituents is 1. The van der Waals surface area contributed by atoms with Crippen LogP contribution in [0.2, 0.25) is 0 Å². The van der Waals surface area contributed by atoms with E-state index >= 15 is 0 Å². The number of hydrogen-bond acceptors (Lipinski definition) is 5. The summed E-state index contributed by atoms with van der Waals surface area (Å²) >= 11 is 0. The van der Waals surface area contributed by atoms with Crippen LogP contribution in [-0.4, -0.2) is 14.3 Å². The molecule has 3 rings (SSSR count). The lowest BCUT2D eigenvalue weighted by Crippen LogP contribution is -1.88. The molecule has 0 fully saturated rings. The molecule has 122 valence electrons. The SMILES string of the molecule is CC(C)c1nc2ccc(F)cn2c1N=Nc1cccc([N+](=O)[O-])c1. The van der Waals surface area contributed by atoms with Crippen LogP contribution in [0.3, 0.4) is 0 Å². The Morgan fingerprint density at radius 2 is 2.04 bits per heavy atom. The van der Waals surface area contributed by atoms with E-state index < -0.39 is 10.7 Å². The standard InChI is InChI=1S/C16H14FN5O2/c1-10(2)15-16(21-9-11(17)6-7-14(21)18-15)20-19-12-4-3-5-13(8-12)22(23)24/h3-10H,1-2H3. The predicted molar refractivity (Wildman–Crippen MR) is 86.5 cm³/mol. The summed E-state index contributed by atoms with van der Waals surface area (Å²) in [4.78, 5) is 14.8. The molecule has 24 heavy (non-hydrogen) atoms. The summed E-state index contributed by atoms with van der Waals surface area (Å²) in [5, 5.41) is 19.0. The van der Waals surface area contributed by atoms with Crippen molar-refractivity contribution in [1.82, 2.24) is 9.38 Å². The van der Waals surface area contributed by atoms with Crippen molar-refractivity contribution in [3.63, 3.8) is 0 Å². The van der Waals surface area contributed by atoms with Crippen LogP contribution in [0.4, 0.5) is 21.6 Å². The molecule has 0 spiro atoms. The van der Waals surface area contributed by atoms with Gasteiger partial charge in [0.2, 0.25) is 0 Å². The van der Waals surface area contributed by atoms with Crippen molar-refractivity contribution in [3.8, 4) is 0 Å². The van der Waals surface area contributed by atoms with Gasteiger partial charge in [0.25, 0.3) is 5.69 Å². The minimum atomic E-state index is -0.498. The van der Waals surface area contributed by atoms with Gasteiger partial charge in [-0.05, 0) is 24.1 Å². The molecule has 0 amide bonds. The predicted octanol–water partition coefficient (Wildman–Crippen LogP) is 4.92. The van der Waals surface area contributed by atoms with E-state index in [9.17, 15) is 14.5 Å². The van der Waals surface area contributed by atoms with Crippen LogP contribution in [0, 0.1) is 15.9 Å². The smallest absolute Gasteiger partial charge is 0.271 e. The van der Waals surface area contributed by atoms with E-state index in [2.05, 4.69) is 15.2 Å². The lowest BCUT2D eigenvalue weighted by molar-refractivity contribution is -0.384. The Hall–Kier alpha value is -3.16. The Morgan fingerprint density at radius 3 is 2.75 bits per heavy atom. The van der Waals surface area contributed by atoms with Crippen LogP contribution in [0.5, 0.6) is 0 Å². The molecule has 2 aromatic heterocycles. The number of halogens is 1. The number of pyridine rings is 1. The van der Waals surface area contributed by atoms with Crippen molar-refractivity contribution in [2.24, 2.45) is 10.2 Å². The van der Waals surface area contributed by atoms with Gasteiger partial charge in [-0.3, -0.25) is 14.5 Å². The van der Waals surface area contributed by atoms with Crippen LogP contribution in [0.1, 0.15) is 25.5 Å². The van der Waals surface area contributed by atoms with Crippen LogP contribution < -0.4 is 0 Å². The molecule has 0 aliphatic carbocycles. The highest BCUT2D eigenvalue weighted by Crippen LogP contribution is 2.30. The summed E-state index contributed by atoms with van der Waals surface area (Å²) in [5.74, 6) is 0.0556. The van der Waals surface area contributed by atoms with E-state index in [4.69, 9.17) is 0 Å². The van der Waals surface area contributed by atoms with Crippen molar-refractivity contribution in [2.75, 3.05) is 0 Å². The highest BCUT2D eigenvalue weighted by molar-refractivity contribution is 5.53. The Morgan fingerprint density at radius 1 is 1.25 bits per heavy atom. The molecule has 0 aliphatic rings. The Bertz CT molecular complexity index is 949. The number of rotatable bonds is 4. The maximum absolute atomic E-state index is 13.5. The lowest BCUT2D eigenvalue weighted by Gasteiger charge is -2.01. The van der Waals surface area contributed by atoms with E-state index in [0.29, 0.717) is 22.8 Å². The number of imidazole rings is 1. The molecule has 2 heterocycles. The van der Waals surface area contributed by atoms with Gasteiger partial charge in [0, 0.05) is 18.3 Å². The molecule has 1 aromatic carbocycles. The summed E-state index contributed by atoms with van der Waals surface area (Å²) < 4.78 is 15.1. The number of hydrogen-bond donors (Lipinski definition) is 0. The summed E-state index contributed by atoms with van der Waals surface area (Å²) in [6.07, 6.45) is 1.29. The summed E-state index contributed by atoms with van der Waals surface area (Å²) in [5.41, 5.74) is 1.51. The maximum atomic E-state index is 13.5. The minimum absolute atomic E-state index is 0.0621. The average Bonchev–Trinajstić information content (AvgIpc) is 2.91. The lowest BCUT2D eigenvalue weighted by atomic mass is 10.1. The van der Waals surface area contributed by atoms with E-state index in [1.807, 2.05) is 13.8 Å². The Kier molecular flexibility index (Phi) is 4.03. The molecule has 0 aliphatic heterocycles. The third-order valence-electron chi connectivity index (χ3n) is 3.43. The second-order valence-corrected chi connectivity index (χ2v) is 5.53. The third kappa shape index (κ3) is 2.98. The van der Waals surface area contributed by atoms with Crippen molar-refractivity contribution in [3.05, 3.63) is 64.2 Å². The largest absolute Gasteiger partial charge is 0.280 e. The van der Waals surface area contributed by atoms with Crippen molar-refractivity contribution in [1.29, 1.82) is 0 Å². The van der Waals surface area contributed by atoms with E-state index in [-0.39, 0.29) is 11.6 Å². The summed E-state index contributed by atoms with van der Waals surface area (Å²) in [7, 11) is 0. The molecule has 8 heteroatoms. The van der Waals surface area contributed by atoms with Crippen LogP contribution >= 0.6 is 0 Å². The van der Waals surface area contributed by atoms with Gasteiger partial charge >= 0.3 is 0 Å². The van der Waals surface area contributed by atoms with Crippen LogP contribution in [0.25, 0.3) is 5.65 Å². The zero-order valence-electron chi connectivity index (χ0n) is 13.0.